The van der Waals surface area contributed by atoms with E-state index in [4.69, 9.17) is 5.11 Å². The van der Waals surface area contributed by atoms with Crippen molar-refractivity contribution in [3.05, 3.63) is 0 Å². The fourth-order valence-corrected chi connectivity index (χ4v) is 0.939. The first-order chi connectivity index (χ1) is 4.20. The Balaban J connectivity index is 2.30. The minimum atomic E-state index is -2.35. The quantitative estimate of drug-likeness (QED) is 0.532. The van der Waals surface area contributed by atoms with Gasteiger partial charge in [-0.2, -0.15) is 0 Å². The molecule has 54 valence electrons. The van der Waals surface area contributed by atoms with Gasteiger partial charge in [-0.25, -0.2) is 8.78 Å². The van der Waals surface area contributed by atoms with Gasteiger partial charge >= 0.3 is 0 Å². The number of halogens is 2. The van der Waals surface area contributed by atoms with E-state index >= 15 is 0 Å². The lowest BCUT2D eigenvalue weighted by molar-refractivity contribution is 0.0986. The van der Waals surface area contributed by atoms with Crippen molar-refractivity contribution in [3.63, 3.8) is 0 Å². The monoisotopic (exact) mass is 137 g/mol. The molecule has 1 aliphatic rings. The second-order valence-electron chi connectivity index (χ2n) is 2.24. The number of β-amino-alcohol motifs (C(OH)–C–C–N with tert-alkyl or cyclic N) is 1. The highest BCUT2D eigenvalue weighted by molar-refractivity contribution is 4.82. The van der Waals surface area contributed by atoms with Crippen LogP contribution in [0.3, 0.4) is 0 Å². The highest BCUT2D eigenvalue weighted by Gasteiger charge is 2.28. The van der Waals surface area contributed by atoms with Crippen molar-refractivity contribution in [2.24, 2.45) is 0 Å². The summed E-state index contributed by atoms with van der Waals surface area (Å²) in [7, 11) is 0. The second-order valence-corrected chi connectivity index (χ2v) is 2.24. The molecule has 1 fully saturated rings. The molecule has 4 heteroatoms. The van der Waals surface area contributed by atoms with Crippen molar-refractivity contribution in [1.82, 2.24) is 5.32 Å². The molecule has 2 atom stereocenters. The number of aliphatic hydroxyl groups excluding tert-OH is 1. The van der Waals surface area contributed by atoms with Gasteiger partial charge in [-0.1, -0.05) is 0 Å². The molecule has 0 radical (unpaired) electrons. The van der Waals surface area contributed by atoms with Crippen molar-refractivity contribution in [2.75, 3.05) is 6.54 Å². The van der Waals surface area contributed by atoms with E-state index in [9.17, 15) is 8.78 Å². The summed E-state index contributed by atoms with van der Waals surface area (Å²) in [5, 5.41) is 11.3. The summed E-state index contributed by atoms with van der Waals surface area (Å²) in [4.78, 5) is 0. The Morgan fingerprint density at radius 1 is 1.56 bits per heavy atom. The molecule has 0 aliphatic carbocycles. The number of hydrogen-bond donors (Lipinski definition) is 2. The molecule has 9 heavy (non-hydrogen) atoms. The van der Waals surface area contributed by atoms with Gasteiger partial charge in [0.25, 0.3) is 6.43 Å². The standard InChI is InChI=1S/C5H9F2NO/c6-5(7)4-1-3(9)2-8-4/h3-5,8-9H,1-2H2. The van der Waals surface area contributed by atoms with Gasteiger partial charge in [-0.15, -0.1) is 0 Å². The van der Waals surface area contributed by atoms with E-state index in [1.54, 1.807) is 0 Å². The average Bonchev–Trinajstić information content (AvgIpc) is 2.14. The van der Waals surface area contributed by atoms with E-state index in [1.807, 2.05) is 0 Å². The summed E-state index contributed by atoms with van der Waals surface area (Å²) >= 11 is 0. The highest BCUT2D eigenvalue weighted by Crippen LogP contribution is 2.12. The van der Waals surface area contributed by atoms with Gasteiger partial charge in [-0.3, -0.25) is 0 Å². The van der Waals surface area contributed by atoms with Crippen LogP contribution >= 0.6 is 0 Å². The summed E-state index contributed by atoms with van der Waals surface area (Å²) < 4.78 is 23.5. The predicted octanol–water partition coefficient (Wildman–Crippen LogP) is -0.0257. The molecule has 2 unspecified atom stereocenters. The van der Waals surface area contributed by atoms with Crippen molar-refractivity contribution in [1.29, 1.82) is 0 Å². The molecular formula is C5H9F2NO. The molecule has 0 aromatic heterocycles. The van der Waals surface area contributed by atoms with Gasteiger partial charge in [0.15, 0.2) is 0 Å². The molecule has 1 aliphatic heterocycles. The van der Waals surface area contributed by atoms with E-state index in [-0.39, 0.29) is 6.42 Å². The molecule has 0 aromatic carbocycles. The third kappa shape index (κ3) is 1.59. The Kier molecular flexibility index (Phi) is 1.97. The van der Waals surface area contributed by atoms with Gasteiger partial charge in [0.1, 0.15) is 0 Å². The average molecular weight is 137 g/mol. The largest absolute Gasteiger partial charge is 0.392 e. The van der Waals surface area contributed by atoms with Crippen LogP contribution in [0.25, 0.3) is 0 Å². The molecule has 2 N–H and O–H groups in total. The summed E-state index contributed by atoms with van der Waals surface area (Å²) in [6.45, 7) is 0.301. The van der Waals surface area contributed by atoms with E-state index in [2.05, 4.69) is 5.32 Å². The zero-order valence-electron chi connectivity index (χ0n) is 4.85. The van der Waals surface area contributed by atoms with Crippen LogP contribution in [-0.2, 0) is 0 Å². The molecular weight excluding hydrogens is 128 g/mol. The molecule has 0 saturated carbocycles. The van der Waals surface area contributed by atoms with Crippen LogP contribution in [0.1, 0.15) is 6.42 Å². The Morgan fingerprint density at radius 3 is 2.44 bits per heavy atom. The van der Waals surface area contributed by atoms with Gasteiger partial charge in [0.2, 0.25) is 0 Å². The highest BCUT2D eigenvalue weighted by atomic mass is 19.3. The number of hydrogen-bond acceptors (Lipinski definition) is 2. The minimum absolute atomic E-state index is 0.178. The molecule has 0 amide bonds. The van der Waals surface area contributed by atoms with Crippen LogP contribution in [0.2, 0.25) is 0 Å². The zero-order valence-corrected chi connectivity index (χ0v) is 4.85. The fourth-order valence-electron chi connectivity index (χ4n) is 0.939. The lowest BCUT2D eigenvalue weighted by atomic mass is 10.2. The van der Waals surface area contributed by atoms with Crippen LogP contribution in [0.4, 0.5) is 8.78 Å². The lowest BCUT2D eigenvalue weighted by Crippen LogP contribution is -2.28. The van der Waals surface area contributed by atoms with Gasteiger partial charge in [0, 0.05) is 6.54 Å². The first kappa shape index (κ1) is 6.89. The topological polar surface area (TPSA) is 32.3 Å². The lowest BCUT2D eigenvalue weighted by Gasteiger charge is -2.05. The molecule has 1 saturated heterocycles. The smallest absolute Gasteiger partial charge is 0.253 e. The van der Waals surface area contributed by atoms with Crippen LogP contribution in [-0.4, -0.2) is 30.2 Å². The molecule has 0 spiro atoms. The Hall–Kier alpha value is -0.220. The first-order valence-corrected chi connectivity index (χ1v) is 2.89. The summed E-state index contributed by atoms with van der Waals surface area (Å²) in [6.07, 6.45) is -2.75. The Bertz CT molecular complexity index is 99.0. The third-order valence-corrected chi connectivity index (χ3v) is 1.45. The maximum absolute atomic E-state index is 11.7. The number of rotatable bonds is 1. The number of nitrogens with one attached hydrogen (secondary N) is 1. The van der Waals surface area contributed by atoms with Crippen LogP contribution in [0, 0.1) is 0 Å². The Labute approximate surface area is 51.9 Å². The third-order valence-electron chi connectivity index (χ3n) is 1.45. The molecule has 1 heterocycles. The van der Waals surface area contributed by atoms with Crippen LogP contribution in [0.5, 0.6) is 0 Å². The summed E-state index contributed by atoms with van der Waals surface area (Å²) in [5.74, 6) is 0. The van der Waals surface area contributed by atoms with E-state index in [0.717, 1.165) is 0 Å². The predicted molar refractivity (Wildman–Crippen MR) is 28.4 cm³/mol. The maximum Gasteiger partial charge on any atom is 0.253 e. The van der Waals surface area contributed by atoms with Gasteiger partial charge < -0.3 is 10.4 Å². The number of alkyl halides is 2. The molecule has 0 aromatic rings. The SMILES string of the molecule is OC1CNC(C(F)F)C1. The fraction of sp³-hybridized carbons (Fsp3) is 1.00. The molecule has 1 rings (SSSR count). The van der Waals surface area contributed by atoms with Crippen LogP contribution < -0.4 is 5.32 Å². The molecule has 0 bridgehead atoms. The zero-order chi connectivity index (χ0) is 6.85. The van der Waals surface area contributed by atoms with E-state index < -0.39 is 18.6 Å². The maximum atomic E-state index is 11.7. The normalized spacial score (nSPS) is 36.0. The van der Waals surface area contributed by atoms with Crippen LogP contribution in [0.15, 0.2) is 0 Å². The Morgan fingerprint density at radius 2 is 2.22 bits per heavy atom. The second kappa shape index (κ2) is 2.58. The number of aliphatic hydroxyl groups is 1. The first-order valence-electron chi connectivity index (χ1n) is 2.89. The van der Waals surface area contributed by atoms with E-state index in [0.29, 0.717) is 6.54 Å². The van der Waals surface area contributed by atoms with Crippen molar-refractivity contribution in [2.45, 2.75) is 25.0 Å². The minimum Gasteiger partial charge on any atom is -0.392 e. The summed E-state index contributed by atoms with van der Waals surface area (Å²) in [6, 6.07) is -0.792. The molecule has 2 nitrogen and oxygen atoms in total. The van der Waals surface area contributed by atoms with E-state index in [1.165, 1.54) is 0 Å². The van der Waals surface area contributed by atoms with Gasteiger partial charge in [0.05, 0.1) is 12.1 Å². The van der Waals surface area contributed by atoms with Crippen molar-refractivity contribution >= 4 is 0 Å². The summed E-state index contributed by atoms with van der Waals surface area (Å²) in [5.41, 5.74) is 0. The van der Waals surface area contributed by atoms with Crippen molar-refractivity contribution < 1.29 is 13.9 Å². The van der Waals surface area contributed by atoms with Crippen molar-refractivity contribution in [3.8, 4) is 0 Å². The van der Waals surface area contributed by atoms with Gasteiger partial charge in [-0.05, 0) is 6.42 Å².